The van der Waals surface area contributed by atoms with E-state index in [1.165, 1.54) is 64.2 Å². The molecule has 0 aromatic rings. The molecular formula is C54H100N6O16S. The molecule has 1 rings (SSSR count). The number of rotatable bonds is 49. The maximum Gasteiger partial charge on any atom is 0.326 e. The standard InChI is InChI=1S/C49H88N6O15S.C3H6O.C2H6/c56-42(51-27-31-67-33-36-70-38-44(58)52-28-32-68-34-35-69-37-43(57)50-26-18-17-19-41(54-71)49(65)66)23-22-40(48(63)64)53-47(62)39-24-29-55(30-25-39)45(59)20-15-13-11-9-7-5-3-1-2-4-6-8-10-12-14-16-21-46(60)61;1-2-3-4;1-2/h39-41,54,71H,1-38H2,(H,50,57)(H,51,56)(H,52,58)(H,53,62)(H,60,61)(H,63,64)(H,65,66);3H,2H2,1H3;1-2H3/t40-,41?;;/m0../s1. The molecular weight excluding hydrogens is 1020 g/mol. The molecule has 1 fully saturated rings. The number of ether oxygens (including phenoxy) is 4. The molecule has 23 heteroatoms. The van der Waals surface area contributed by atoms with Gasteiger partial charge in [-0.15, -0.1) is 0 Å². The maximum absolute atomic E-state index is 13.0. The predicted octanol–water partition coefficient (Wildman–Crippen LogP) is 5.78. The fraction of sp³-hybridized carbons (Fsp3) is 0.833. The molecule has 0 spiro atoms. The molecule has 0 aliphatic carbocycles. The summed E-state index contributed by atoms with van der Waals surface area (Å²) in [6.45, 7) is 8.38. The minimum absolute atomic E-state index is 0.0812. The Kier molecular flexibility index (Phi) is 53.2. The first-order valence-corrected chi connectivity index (χ1v) is 28.9. The molecule has 0 saturated carbocycles. The quantitative estimate of drug-likeness (QED) is 0.0198. The number of thiol groups is 1. The molecule has 1 unspecified atom stereocenters. The van der Waals surface area contributed by atoms with E-state index in [9.17, 15) is 48.3 Å². The van der Waals surface area contributed by atoms with Crippen molar-refractivity contribution >= 4 is 66.5 Å². The number of amides is 5. The number of carbonyl (C=O) groups is 9. The number of nitrogens with one attached hydrogen (secondary N) is 5. The molecule has 1 heterocycles. The zero-order valence-corrected chi connectivity index (χ0v) is 47.8. The SMILES string of the molecule is CC.CCC=O.O=C(O)CCCCCCCCCCCCCCCCCCC(=O)N1CCC(C(=O)N[C@@H](CCC(=O)NCCOCCOCC(=O)NCCOCCOCC(=O)NCCCCC(NS)C(=O)O)C(=O)O)CC1. The van der Waals surface area contributed by atoms with Gasteiger partial charge in [0.25, 0.3) is 0 Å². The Balaban J connectivity index is 0. The zero-order chi connectivity index (χ0) is 57.6. The maximum atomic E-state index is 13.0. The van der Waals surface area contributed by atoms with Crippen molar-refractivity contribution in [3.8, 4) is 0 Å². The van der Waals surface area contributed by atoms with Crippen molar-refractivity contribution < 1.29 is 77.4 Å². The van der Waals surface area contributed by atoms with Crippen LogP contribution >= 0.6 is 12.8 Å². The van der Waals surface area contributed by atoms with E-state index in [-0.39, 0.29) is 115 Å². The first kappa shape index (κ1) is 74.7. The lowest BCUT2D eigenvalue weighted by Gasteiger charge is -2.32. The molecule has 448 valence electrons. The molecule has 0 bridgehead atoms. The summed E-state index contributed by atoms with van der Waals surface area (Å²) in [5.41, 5.74) is 0. The number of carboxylic acids is 3. The van der Waals surface area contributed by atoms with Crippen molar-refractivity contribution in [1.82, 2.24) is 30.9 Å². The number of aliphatic carboxylic acids is 3. The largest absolute Gasteiger partial charge is 0.481 e. The lowest BCUT2D eigenvalue weighted by Crippen LogP contribution is -2.47. The highest BCUT2D eigenvalue weighted by Gasteiger charge is 2.30. The van der Waals surface area contributed by atoms with Gasteiger partial charge in [-0.2, -0.15) is 0 Å². The summed E-state index contributed by atoms with van der Waals surface area (Å²) in [5.74, 6) is -4.61. The summed E-state index contributed by atoms with van der Waals surface area (Å²) in [4.78, 5) is 106. The lowest BCUT2D eigenvalue weighted by atomic mass is 9.95. The van der Waals surface area contributed by atoms with Crippen LogP contribution in [0.2, 0.25) is 0 Å². The van der Waals surface area contributed by atoms with Crippen LogP contribution in [0.5, 0.6) is 0 Å². The van der Waals surface area contributed by atoms with Gasteiger partial charge < -0.3 is 65.2 Å². The lowest BCUT2D eigenvalue weighted by molar-refractivity contribution is -0.143. The van der Waals surface area contributed by atoms with Crippen LogP contribution in [0.1, 0.15) is 188 Å². The van der Waals surface area contributed by atoms with Crippen LogP contribution in [-0.4, -0.2) is 172 Å². The van der Waals surface area contributed by atoms with E-state index in [4.69, 9.17) is 29.2 Å². The fourth-order valence-electron chi connectivity index (χ4n) is 7.83. The topological polar surface area (TPSA) is 315 Å². The number of likely N-dealkylation sites (tertiary alicyclic amines) is 1. The highest BCUT2D eigenvalue weighted by Crippen LogP contribution is 2.20. The average molecular weight is 1120 g/mol. The molecule has 1 aliphatic heterocycles. The van der Waals surface area contributed by atoms with Crippen LogP contribution in [0.15, 0.2) is 0 Å². The molecule has 5 amide bonds. The van der Waals surface area contributed by atoms with Crippen molar-refractivity contribution in [3.63, 3.8) is 0 Å². The van der Waals surface area contributed by atoms with Crippen LogP contribution in [0.4, 0.5) is 0 Å². The number of aldehydes is 1. The smallest absolute Gasteiger partial charge is 0.326 e. The third kappa shape index (κ3) is 48.4. The Morgan fingerprint density at radius 1 is 0.532 bits per heavy atom. The van der Waals surface area contributed by atoms with Crippen molar-refractivity contribution in [2.75, 3.05) is 85.6 Å². The molecule has 22 nitrogen and oxygen atoms in total. The fourth-order valence-corrected chi connectivity index (χ4v) is 8.07. The summed E-state index contributed by atoms with van der Waals surface area (Å²) in [6.07, 6.45) is 23.1. The van der Waals surface area contributed by atoms with Gasteiger partial charge in [0, 0.05) is 64.3 Å². The number of piperidine rings is 1. The second-order valence-corrected chi connectivity index (χ2v) is 18.9. The molecule has 0 radical (unpaired) electrons. The minimum Gasteiger partial charge on any atom is -0.481 e. The molecule has 1 saturated heterocycles. The van der Waals surface area contributed by atoms with Gasteiger partial charge in [-0.05, 0) is 51.4 Å². The number of nitrogens with zero attached hydrogens (tertiary/aromatic N) is 1. The normalized spacial score (nSPS) is 12.9. The number of hydrogen-bond acceptors (Lipinski definition) is 15. The average Bonchev–Trinajstić information content (AvgIpc) is 3.42. The highest BCUT2D eigenvalue weighted by atomic mass is 32.1. The number of unbranched alkanes of at least 4 members (excludes halogenated alkanes) is 16. The van der Waals surface area contributed by atoms with E-state index in [1.54, 1.807) is 4.90 Å². The predicted molar refractivity (Wildman–Crippen MR) is 296 cm³/mol. The zero-order valence-electron chi connectivity index (χ0n) is 46.9. The second-order valence-electron chi connectivity index (χ2n) is 18.6. The Morgan fingerprint density at radius 2 is 0.948 bits per heavy atom. The van der Waals surface area contributed by atoms with E-state index in [1.807, 2.05) is 20.8 Å². The second kappa shape index (κ2) is 54.9. The Labute approximate surface area is 464 Å². The van der Waals surface area contributed by atoms with E-state index >= 15 is 0 Å². The van der Waals surface area contributed by atoms with E-state index < -0.39 is 35.9 Å². The summed E-state index contributed by atoms with van der Waals surface area (Å²) < 4.78 is 23.7. The number of carboxylic acid groups (broad SMARTS) is 3. The summed E-state index contributed by atoms with van der Waals surface area (Å²) in [6, 6.07) is -1.96. The summed E-state index contributed by atoms with van der Waals surface area (Å²) in [7, 11) is 0. The van der Waals surface area contributed by atoms with Crippen molar-refractivity contribution in [2.24, 2.45) is 5.92 Å². The molecule has 2 atom stereocenters. The Bertz CT molecular complexity index is 1560. The number of carbonyl (C=O) groups excluding carboxylic acids is 6. The van der Waals surface area contributed by atoms with Crippen molar-refractivity contribution in [2.45, 2.75) is 200 Å². The van der Waals surface area contributed by atoms with Gasteiger partial charge >= 0.3 is 17.9 Å². The van der Waals surface area contributed by atoms with E-state index in [0.717, 1.165) is 44.8 Å². The van der Waals surface area contributed by atoms with Gasteiger partial charge in [0.1, 0.15) is 31.6 Å². The van der Waals surface area contributed by atoms with E-state index in [2.05, 4.69) is 38.8 Å². The molecule has 0 aromatic carbocycles. The third-order valence-corrected chi connectivity index (χ3v) is 12.5. The van der Waals surface area contributed by atoms with Crippen LogP contribution in [-0.2, 0) is 62.1 Å². The van der Waals surface area contributed by atoms with Gasteiger partial charge in [-0.3, -0.25) is 38.3 Å². The highest BCUT2D eigenvalue weighted by molar-refractivity contribution is 7.78. The Hall–Kier alpha value is -4.42. The molecule has 1 aliphatic rings. The van der Waals surface area contributed by atoms with Crippen LogP contribution < -0.4 is 26.0 Å². The molecule has 77 heavy (non-hydrogen) atoms. The van der Waals surface area contributed by atoms with Crippen LogP contribution in [0.25, 0.3) is 0 Å². The van der Waals surface area contributed by atoms with Crippen LogP contribution in [0.3, 0.4) is 0 Å². The first-order valence-electron chi connectivity index (χ1n) is 28.4. The minimum atomic E-state index is -1.23. The third-order valence-electron chi connectivity index (χ3n) is 12.2. The van der Waals surface area contributed by atoms with Gasteiger partial charge in [0.15, 0.2) is 0 Å². The van der Waals surface area contributed by atoms with Crippen LogP contribution in [0, 0.1) is 5.92 Å². The molecule has 0 aromatic heterocycles. The van der Waals surface area contributed by atoms with Gasteiger partial charge in [-0.25, -0.2) is 4.79 Å². The van der Waals surface area contributed by atoms with Crippen molar-refractivity contribution in [1.29, 1.82) is 0 Å². The Morgan fingerprint density at radius 3 is 1.38 bits per heavy atom. The van der Waals surface area contributed by atoms with Gasteiger partial charge in [0.2, 0.25) is 29.5 Å². The summed E-state index contributed by atoms with van der Waals surface area (Å²) >= 11 is 3.78. The van der Waals surface area contributed by atoms with Gasteiger partial charge in [-0.1, -0.05) is 123 Å². The first-order chi connectivity index (χ1) is 37.2. The van der Waals surface area contributed by atoms with Crippen molar-refractivity contribution in [3.05, 3.63) is 0 Å². The monoisotopic (exact) mass is 1120 g/mol. The molecule has 8 N–H and O–H groups in total. The summed E-state index contributed by atoms with van der Waals surface area (Å²) in [5, 5.41) is 37.9. The number of hydrogen-bond donors (Lipinski definition) is 9. The van der Waals surface area contributed by atoms with Gasteiger partial charge in [0.05, 0.1) is 39.6 Å². The van der Waals surface area contributed by atoms with E-state index in [0.29, 0.717) is 64.6 Å².